The number of fused-ring (bicyclic) bond motifs is 1. The molecule has 0 bridgehead atoms. The molecule has 0 saturated carbocycles. The predicted octanol–water partition coefficient (Wildman–Crippen LogP) is 7.44. The fourth-order valence-corrected chi connectivity index (χ4v) is 4.66. The molecule has 0 unspecified atom stereocenters. The number of pyridine rings is 1. The monoisotopic (exact) mass is 455 g/mol. The van der Waals surface area contributed by atoms with Crippen molar-refractivity contribution in [1.82, 2.24) is 4.98 Å². The maximum atomic E-state index is 13.2. The highest BCUT2D eigenvalue weighted by molar-refractivity contribution is 5.96. The van der Waals surface area contributed by atoms with E-state index in [-0.39, 0.29) is 27.5 Å². The van der Waals surface area contributed by atoms with Crippen LogP contribution in [0.3, 0.4) is 0 Å². The highest BCUT2D eigenvalue weighted by Crippen LogP contribution is 2.36. The van der Waals surface area contributed by atoms with Crippen molar-refractivity contribution >= 4 is 22.9 Å². The molecule has 0 radical (unpaired) electrons. The Hall–Kier alpha value is -2.56. The van der Waals surface area contributed by atoms with E-state index in [1.807, 2.05) is 6.08 Å². The van der Waals surface area contributed by atoms with Crippen LogP contribution in [-0.2, 0) is 0 Å². The molecule has 0 aliphatic heterocycles. The molecular weight excluding hydrogens is 414 g/mol. The molecule has 0 atom stereocenters. The van der Waals surface area contributed by atoms with E-state index in [4.69, 9.17) is 4.74 Å². The van der Waals surface area contributed by atoms with Crippen LogP contribution in [0.4, 0.5) is 0 Å². The summed E-state index contributed by atoms with van der Waals surface area (Å²) < 4.78 is 5.89. The molecule has 1 aromatic carbocycles. The molecule has 1 heterocycles. The lowest BCUT2D eigenvalue weighted by Crippen LogP contribution is -2.20. The second kappa shape index (κ2) is 11.5. The van der Waals surface area contributed by atoms with Crippen molar-refractivity contribution in [2.24, 2.45) is 10.8 Å². The number of rotatable bonds is 12. The molecule has 33 heavy (non-hydrogen) atoms. The van der Waals surface area contributed by atoms with Gasteiger partial charge in [-0.05, 0) is 48.6 Å². The second-order valence-electron chi connectivity index (χ2n) is 11.0. The van der Waals surface area contributed by atoms with E-state index in [9.17, 15) is 14.7 Å². The first-order valence-electron chi connectivity index (χ1n) is 12.2. The zero-order valence-electron chi connectivity index (χ0n) is 21.2. The van der Waals surface area contributed by atoms with Gasteiger partial charge in [0.25, 0.3) is 0 Å². The summed E-state index contributed by atoms with van der Waals surface area (Å²) in [6.07, 6.45) is 10.7. The number of allylic oxidation sites excluding steroid dienone is 1. The van der Waals surface area contributed by atoms with Crippen LogP contribution in [0.1, 0.15) is 103 Å². The summed E-state index contributed by atoms with van der Waals surface area (Å²) in [7, 11) is 0. The van der Waals surface area contributed by atoms with E-state index in [2.05, 4.69) is 46.5 Å². The molecule has 182 valence electrons. The van der Waals surface area contributed by atoms with Gasteiger partial charge >= 0.3 is 5.97 Å². The predicted molar refractivity (Wildman–Crippen MR) is 137 cm³/mol. The molecule has 0 fully saturated rings. The number of nitrogens with one attached hydrogen (secondary N) is 1. The van der Waals surface area contributed by atoms with Gasteiger partial charge in [-0.1, -0.05) is 79.0 Å². The standard InChI is InChI=1S/C28H41NO4/c1-7-8-9-12-18-33-22-16-13-15-20-23(22)29-24(26(31)32)21(25(20)30)14-10-11-17-28(5,6)19-27(2,3)4/h10,13-16H,7-9,11-12,17-19H2,1-6H3,(H,29,30)(H,31,32). The Balaban J connectivity index is 2.28. The van der Waals surface area contributed by atoms with Crippen molar-refractivity contribution in [2.75, 3.05) is 6.61 Å². The average molecular weight is 456 g/mol. The number of H-pyrrole nitrogens is 1. The molecule has 5 nitrogen and oxygen atoms in total. The minimum atomic E-state index is -1.15. The number of carboxylic acid groups (broad SMARTS) is 1. The summed E-state index contributed by atoms with van der Waals surface area (Å²) >= 11 is 0. The van der Waals surface area contributed by atoms with Crippen molar-refractivity contribution in [2.45, 2.75) is 86.5 Å². The number of aromatic carboxylic acids is 1. The quantitative estimate of drug-likeness (QED) is 0.326. The Morgan fingerprint density at radius 2 is 1.85 bits per heavy atom. The van der Waals surface area contributed by atoms with E-state index >= 15 is 0 Å². The van der Waals surface area contributed by atoms with Gasteiger partial charge in [-0.15, -0.1) is 0 Å². The third-order valence-corrected chi connectivity index (χ3v) is 5.79. The van der Waals surface area contributed by atoms with Crippen LogP contribution in [-0.4, -0.2) is 22.7 Å². The van der Waals surface area contributed by atoms with Crippen molar-refractivity contribution in [1.29, 1.82) is 0 Å². The number of ether oxygens (including phenoxy) is 1. The van der Waals surface area contributed by atoms with Gasteiger partial charge < -0.3 is 14.8 Å². The topological polar surface area (TPSA) is 79.4 Å². The van der Waals surface area contributed by atoms with E-state index in [0.29, 0.717) is 23.3 Å². The summed E-state index contributed by atoms with van der Waals surface area (Å²) in [5.74, 6) is -0.637. The van der Waals surface area contributed by atoms with E-state index < -0.39 is 5.97 Å². The van der Waals surface area contributed by atoms with Crippen molar-refractivity contribution in [3.8, 4) is 5.75 Å². The first kappa shape index (κ1) is 26.7. The SMILES string of the molecule is CCCCCCOc1cccc2c(=O)c(C=CCCC(C)(C)CC(C)(C)C)c(C(=O)O)[nH]c12. The van der Waals surface area contributed by atoms with E-state index in [1.165, 1.54) is 0 Å². The fourth-order valence-electron chi connectivity index (χ4n) is 4.66. The summed E-state index contributed by atoms with van der Waals surface area (Å²) in [4.78, 5) is 28.1. The second-order valence-corrected chi connectivity index (χ2v) is 11.0. The van der Waals surface area contributed by atoms with Gasteiger partial charge in [0.05, 0.1) is 17.7 Å². The number of hydrogen-bond acceptors (Lipinski definition) is 3. The Labute approximate surface area is 198 Å². The molecule has 2 rings (SSSR count). The van der Waals surface area contributed by atoms with Crippen molar-refractivity contribution < 1.29 is 14.6 Å². The maximum absolute atomic E-state index is 13.2. The summed E-state index contributed by atoms with van der Waals surface area (Å²) in [6.45, 7) is 13.9. The van der Waals surface area contributed by atoms with Crippen molar-refractivity contribution in [3.05, 3.63) is 45.8 Å². The first-order chi connectivity index (χ1) is 15.4. The van der Waals surface area contributed by atoms with Gasteiger partial charge in [-0.25, -0.2) is 4.79 Å². The Kier molecular flexibility index (Phi) is 9.33. The lowest BCUT2D eigenvalue weighted by atomic mass is 9.74. The molecule has 2 N–H and O–H groups in total. The Morgan fingerprint density at radius 1 is 1.12 bits per heavy atom. The number of aromatic amines is 1. The number of benzene rings is 1. The van der Waals surface area contributed by atoms with Gasteiger partial charge in [-0.3, -0.25) is 4.79 Å². The van der Waals surface area contributed by atoms with Gasteiger partial charge in [0.2, 0.25) is 0 Å². The van der Waals surface area contributed by atoms with Gasteiger partial charge in [-0.2, -0.15) is 0 Å². The molecule has 0 aliphatic rings. The lowest BCUT2D eigenvalue weighted by Gasteiger charge is -2.32. The number of para-hydroxylation sites is 1. The van der Waals surface area contributed by atoms with Crippen LogP contribution in [0.25, 0.3) is 17.0 Å². The van der Waals surface area contributed by atoms with Crippen molar-refractivity contribution in [3.63, 3.8) is 0 Å². The highest BCUT2D eigenvalue weighted by Gasteiger charge is 2.24. The largest absolute Gasteiger partial charge is 0.491 e. The third kappa shape index (κ3) is 8.06. The zero-order valence-corrected chi connectivity index (χ0v) is 21.2. The third-order valence-electron chi connectivity index (χ3n) is 5.79. The number of unbranched alkanes of at least 4 members (excludes halogenated alkanes) is 3. The number of aromatic nitrogens is 1. The van der Waals surface area contributed by atoms with Crippen LogP contribution in [0.15, 0.2) is 29.1 Å². The molecule has 2 aromatic rings. The molecule has 0 aliphatic carbocycles. The maximum Gasteiger partial charge on any atom is 0.353 e. The van der Waals surface area contributed by atoms with Crippen LogP contribution in [0, 0.1) is 10.8 Å². The van der Waals surface area contributed by atoms with Gasteiger partial charge in [0, 0.05) is 5.39 Å². The Morgan fingerprint density at radius 3 is 2.48 bits per heavy atom. The van der Waals surface area contributed by atoms with Gasteiger partial charge in [0.1, 0.15) is 11.4 Å². The molecular formula is C28H41NO4. The fraction of sp³-hybridized carbons (Fsp3) is 0.571. The number of carboxylic acids is 1. The summed E-state index contributed by atoms with van der Waals surface area (Å²) in [5.41, 5.74) is 0.650. The zero-order chi connectivity index (χ0) is 24.6. The molecule has 1 aromatic heterocycles. The highest BCUT2D eigenvalue weighted by atomic mass is 16.5. The number of hydrogen-bond donors (Lipinski definition) is 2. The molecule has 0 amide bonds. The summed E-state index contributed by atoms with van der Waals surface area (Å²) in [6, 6.07) is 5.27. The molecule has 5 heteroatoms. The van der Waals surface area contributed by atoms with Crippen LogP contribution >= 0.6 is 0 Å². The lowest BCUT2D eigenvalue weighted by molar-refractivity contribution is 0.0690. The van der Waals surface area contributed by atoms with Gasteiger partial charge in [0.15, 0.2) is 5.43 Å². The van der Waals surface area contributed by atoms with E-state index in [0.717, 1.165) is 44.9 Å². The molecule has 0 saturated heterocycles. The van der Waals surface area contributed by atoms with Crippen LogP contribution < -0.4 is 10.2 Å². The molecule has 0 spiro atoms. The summed E-state index contributed by atoms with van der Waals surface area (Å²) in [5, 5.41) is 10.2. The van der Waals surface area contributed by atoms with Crippen LogP contribution in [0.5, 0.6) is 5.75 Å². The minimum Gasteiger partial charge on any atom is -0.491 e. The smallest absolute Gasteiger partial charge is 0.353 e. The Bertz CT molecular complexity index is 1020. The minimum absolute atomic E-state index is 0.0975. The number of carbonyl (C=O) groups is 1. The average Bonchev–Trinajstić information content (AvgIpc) is 2.70. The first-order valence-corrected chi connectivity index (χ1v) is 12.2. The van der Waals surface area contributed by atoms with E-state index in [1.54, 1.807) is 24.3 Å². The normalized spacial score (nSPS) is 12.5. The van der Waals surface area contributed by atoms with Crippen LogP contribution in [0.2, 0.25) is 0 Å².